The first-order valence-corrected chi connectivity index (χ1v) is 4.98. The molecule has 0 bridgehead atoms. The van der Waals surface area contributed by atoms with E-state index in [9.17, 15) is 14.0 Å². The van der Waals surface area contributed by atoms with Gasteiger partial charge in [0, 0.05) is 11.8 Å². The van der Waals surface area contributed by atoms with Crippen molar-refractivity contribution in [2.45, 2.75) is 39.4 Å². The molecule has 1 aliphatic rings. The molecular weight excluding hydrogens is 199 g/mol. The predicted molar refractivity (Wildman–Crippen MR) is 53.7 cm³/mol. The Labute approximate surface area is 88.6 Å². The van der Waals surface area contributed by atoms with Crippen LogP contribution in [0.5, 0.6) is 0 Å². The molecular formula is C10H17FN2O2. The number of primary amides is 1. The quantitative estimate of drug-likeness (QED) is 0.692. The number of hydrogen-bond acceptors (Lipinski definition) is 2. The number of carbonyl (C=O) groups is 2. The SMILES string of the molecule is CC(C)(C)C(=O)N1CC(F)CC1C(N)=O. The van der Waals surface area contributed by atoms with Gasteiger partial charge in [0.15, 0.2) is 0 Å². The van der Waals surface area contributed by atoms with Gasteiger partial charge in [-0.1, -0.05) is 20.8 Å². The van der Waals surface area contributed by atoms with Crippen LogP contribution in [0.4, 0.5) is 4.39 Å². The van der Waals surface area contributed by atoms with E-state index >= 15 is 0 Å². The first-order valence-electron chi connectivity index (χ1n) is 4.98. The molecule has 1 rings (SSSR count). The van der Waals surface area contributed by atoms with E-state index in [4.69, 9.17) is 5.73 Å². The zero-order chi connectivity index (χ0) is 11.8. The topological polar surface area (TPSA) is 63.4 Å². The van der Waals surface area contributed by atoms with Gasteiger partial charge in [0.05, 0.1) is 6.54 Å². The number of nitrogens with two attached hydrogens (primary N) is 1. The summed E-state index contributed by atoms with van der Waals surface area (Å²) in [5.41, 5.74) is 4.52. The number of carbonyl (C=O) groups excluding carboxylic acids is 2. The van der Waals surface area contributed by atoms with E-state index in [2.05, 4.69) is 0 Å². The summed E-state index contributed by atoms with van der Waals surface area (Å²) in [4.78, 5) is 24.2. The highest BCUT2D eigenvalue weighted by Gasteiger charge is 2.41. The molecule has 0 aliphatic carbocycles. The number of amides is 2. The van der Waals surface area contributed by atoms with Crippen LogP contribution in [0.25, 0.3) is 0 Å². The molecule has 2 amide bonds. The number of alkyl halides is 1. The second kappa shape index (κ2) is 3.79. The first-order chi connectivity index (χ1) is 6.73. The van der Waals surface area contributed by atoms with E-state index in [0.717, 1.165) is 0 Å². The predicted octanol–water partition coefficient (Wildman–Crippen LogP) is 0.457. The maximum Gasteiger partial charge on any atom is 0.240 e. The van der Waals surface area contributed by atoms with Crippen molar-refractivity contribution in [2.24, 2.45) is 11.1 Å². The molecule has 2 atom stereocenters. The zero-order valence-corrected chi connectivity index (χ0v) is 9.29. The summed E-state index contributed by atoms with van der Waals surface area (Å²) in [7, 11) is 0. The highest BCUT2D eigenvalue weighted by atomic mass is 19.1. The Morgan fingerprint density at radius 2 is 1.93 bits per heavy atom. The lowest BCUT2D eigenvalue weighted by Crippen LogP contribution is -2.47. The molecule has 0 aromatic rings. The Balaban J connectivity index is 2.85. The monoisotopic (exact) mass is 216 g/mol. The molecule has 86 valence electrons. The van der Waals surface area contributed by atoms with Gasteiger partial charge < -0.3 is 10.6 Å². The van der Waals surface area contributed by atoms with Crippen molar-refractivity contribution in [1.82, 2.24) is 4.90 Å². The van der Waals surface area contributed by atoms with Crippen molar-refractivity contribution < 1.29 is 14.0 Å². The molecule has 1 saturated heterocycles. The molecule has 4 nitrogen and oxygen atoms in total. The lowest BCUT2D eigenvalue weighted by atomic mass is 9.94. The molecule has 0 aromatic carbocycles. The van der Waals surface area contributed by atoms with Crippen LogP contribution >= 0.6 is 0 Å². The fraction of sp³-hybridized carbons (Fsp3) is 0.800. The lowest BCUT2D eigenvalue weighted by Gasteiger charge is -2.28. The Kier molecular flexibility index (Phi) is 3.02. The number of hydrogen-bond donors (Lipinski definition) is 1. The third-order valence-corrected chi connectivity index (χ3v) is 2.48. The molecule has 0 radical (unpaired) electrons. The molecule has 0 saturated carbocycles. The zero-order valence-electron chi connectivity index (χ0n) is 9.29. The van der Waals surface area contributed by atoms with Crippen molar-refractivity contribution in [3.63, 3.8) is 0 Å². The Morgan fingerprint density at radius 1 is 1.40 bits per heavy atom. The summed E-state index contributed by atoms with van der Waals surface area (Å²) < 4.78 is 13.1. The molecule has 2 unspecified atom stereocenters. The van der Waals surface area contributed by atoms with Crippen LogP contribution in [0.15, 0.2) is 0 Å². The van der Waals surface area contributed by atoms with Crippen molar-refractivity contribution in [3.8, 4) is 0 Å². The molecule has 15 heavy (non-hydrogen) atoms. The summed E-state index contributed by atoms with van der Waals surface area (Å²) >= 11 is 0. The summed E-state index contributed by atoms with van der Waals surface area (Å²) in [5, 5.41) is 0. The van der Waals surface area contributed by atoms with Gasteiger partial charge in [0.25, 0.3) is 0 Å². The Bertz CT molecular complexity index is 286. The first kappa shape index (κ1) is 11.9. The van der Waals surface area contributed by atoms with Gasteiger partial charge in [-0.15, -0.1) is 0 Å². The molecule has 2 N–H and O–H groups in total. The smallest absolute Gasteiger partial charge is 0.240 e. The van der Waals surface area contributed by atoms with Gasteiger partial charge in [0.1, 0.15) is 12.2 Å². The van der Waals surface area contributed by atoms with Crippen LogP contribution in [0.1, 0.15) is 27.2 Å². The van der Waals surface area contributed by atoms with Crippen LogP contribution < -0.4 is 5.73 Å². The van der Waals surface area contributed by atoms with E-state index in [-0.39, 0.29) is 18.9 Å². The van der Waals surface area contributed by atoms with Crippen molar-refractivity contribution in [3.05, 3.63) is 0 Å². The van der Waals surface area contributed by atoms with Gasteiger partial charge in [-0.05, 0) is 0 Å². The van der Waals surface area contributed by atoms with Crippen molar-refractivity contribution in [2.75, 3.05) is 6.54 Å². The number of rotatable bonds is 1. The largest absolute Gasteiger partial charge is 0.368 e. The Morgan fingerprint density at radius 3 is 2.33 bits per heavy atom. The fourth-order valence-electron chi connectivity index (χ4n) is 1.71. The van der Waals surface area contributed by atoms with Crippen LogP contribution in [0, 0.1) is 5.41 Å². The van der Waals surface area contributed by atoms with Crippen LogP contribution in [-0.4, -0.2) is 35.5 Å². The second-order valence-electron chi connectivity index (χ2n) is 4.96. The van der Waals surface area contributed by atoms with E-state index < -0.39 is 23.5 Å². The minimum absolute atomic E-state index is 0.0241. The van der Waals surface area contributed by atoms with Crippen molar-refractivity contribution >= 4 is 11.8 Å². The average molecular weight is 216 g/mol. The lowest BCUT2D eigenvalue weighted by molar-refractivity contribution is -0.144. The second-order valence-corrected chi connectivity index (χ2v) is 4.96. The number of likely N-dealkylation sites (tertiary alicyclic amines) is 1. The molecule has 5 heteroatoms. The minimum Gasteiger partial charge on any atom is -0.368 e. The summed E-state index contributed by atoms with van der Waals surface area (Å²) in [5.74, 6) is -0.862. The van der Waals surface area contributed by atoms with E-state index in [0.29, 0.717) is 0 Å². The molecule has 1 fully saturated rings. The minimum atomic E-state index is -1.14. The van der Waals surface area contributed by atoms with Gasteiger partial charge >= 0.3 is 0 Å². The third-order valence-electron chi connectivity index (χ3n) is 2.48. The molecule has 0 spiro atoms. The number of nitrogens with zero attached hydrogens (tertiary/aromatic N) is 1. The van der Waals surface area contributed by atoms with Gasteiger partial charge in [-0.3, -0.25) is 9.59 Å². The molecule has 1 heterocycles. The van der Waals surface area contributed by atoms with Crippen LogP contribution in [0.3, 0.4) is 0 Å². The summed E-state index contributed by atoms with van der Waals surface area (Å²) in [6.07, 6.45) is -1.12. The standard InChI is InChI=1S/C10H17FN2O2/c1-10(2,3)9(15)13-5-6(11)4-7(13)8(12)14/h6-7H,4-5H2,1-3H3,(H2,12,14). The van der Waals surface area contributed by atoms with Crippen LogP contribution in [-0.2, 0) is 9.59 Å². The average Bonchev–Trinajstić information content (AvgIpc) is 2.44. The number of halogens is 1. The molecule has 0 aromatic heterocycles. The summed E-state index contributed by atoms with van der Waals surface area (Å²) in [6, 6.07) is -0.785. The fourth-order valence-corrected chi connectivity index (χ4v) is 1.71. The van der Waals surface area contributed by atoms with Crippen LogP contribution in [0.2, 0.25) is 0 Å². The van der Waals surface area contributed by atoms with E-state index in [1.54, 1.807) is 20.8 Å². The molecule has 1 aliphatic heterocycles. The van der Waals surface area contributed by atoms with Gasteiger partial charge in [0.2, 0.25) is 11.8 Å². The van der Waals surface area contributed by atoms with Crippen molar-refractivity contribution in [1.29, 1.82) is 0 Å². The highest BCUT2D eigenvalue weighted by molar-refractivity contribution is 5.89. The normalized spacial score (nSPS) is 26.8. The maximum atomic E-state index is 13.1. The van der Waals surface area contributed by atoms with E-state index in [1.807, 2.05) is 0 Å². The maximum absolute atomic E-state index is 13.1. The summed E-state index contributed by atoms with van der Waals surface area (Å²) in [6.45, 7) is 5.18. The van der Waals surface area contributed by atoms with Gasteiger partial charge in [-0.25, -0.2) is 4.39 Å². The highest BCUT2D eigenvalue weighted by Crippen LogP contribution is 2.26. The Hall–Kier alpha value is -1.13. The van der Waals surface area contributed by atoms with Gasteiger partial charge in [-0.2, -0.15) is 0 Å². The third kappa shape index (κ3) is 2.46. The van der Waals surface area contributed by atoms with E-state index in [1.165, 1.54) is 4.90 Å².